The molecular weight excluding hydrogens is 228 g/mol. The van der Waals surface area contributed by atoms with Gasteiger partial charge in [0.2, 0.25) is 5.88 Å². The molecular formula is C13H22N4O. The Kier molecular flexibility index (Phi) is 6.11. The normalized spacial score (nSPS) is 12.1. The van der Waals surface area contributed by atoms with Crippen LogP contribution >= 0.6 is 0 Å². The smallest absolute Gasteiger partial charge is 0.244 e. The molecule has 3 N–H and O–H groups in total. The number of rotatable bonds is 8. The zero-order valence-corrected chi connectivity index (χ0v) is 11.1. The molecule has 18 heavy (non-hydrogen) atoms. The van der Waals surface area contributed by atoms with E-state index in [0.29, 0.717) is 11.6 Å². The van der Waals surface area contributed by atoms with Gasteiger partial charge in [0.05, 0.1) is 6.10 Å². The lowest BCUT2D eigenvalue weighted by molar-refractivity contribution is 0.197. The minimum absolute atomic E-state index is 0.0663. The van der Waals surface area contributed by atoms with Gasteiger partial charge < -0.3 is 10.5 Å². The fraction of sp³-hybridized carbons (Fsp3) is 0.615. The van der Waals surface area contributed by atoms with E-state index < -0.39 is 0 Å². The number of nitrogens with two attached hydrogens (primary N) is 1. The Hall–Kier alpha value is -1.65. The van der Waals surface area contributed by atoms with Crippen molar-refractivity contribution in [2.24, 2.45) is 5.73 Å². The average molecular weight is 250 g/mol. The molecule has 0 aliphatic heterocycles. The highest BCUT2D eigenvalue weighted by molar-refractivity contribution is 5.94. The van der Waals surface area contributed by atoms with E-state index >= 15 is 0 Å². The van der Waals surface area contributed by atoms with Gasteiger partial charge in [0.15, 0.2) is 5.69 Å². The molecule has 1 aromatic heterocycles. The molecule has 0 bridgehead atoms. The number of aromatic nitrogens is 2. The number of hydrogen-bond acceptors (Lipinski definition) is 4. The van der Waals surface area contributed by atoms with Crippen LogP contribution in [0.5, 0.6) is 5.88 Å². The first kappa shape index (κ1) is 14.4. The van der Waals surface area contributed by atoms with Gasteiger partial charge in [-0.15, -0.1) is 0 Å². The van der Waals surface area contributed by atoms with Crippen molar-refractivity contribution in [2.75, 3.05) is 0 Å². The molecule has 0 fully saturated rings. The zero-order chi connectivity index (χ0) is 13.4. The van der Waals surface area contributed by atoms with Gasteiger partial charge in [-0.05, 0) is 19.8 Å². The van der Waals surface area contributed by atoms with Crippen molar-refractivity contribution in [2.45, 2.75) is 52.1 Å². The second-order valence-electron chi connectivity index (χ2n) is 4.40. The van der Waals surface area contributed by atoms with E-state index in [1.165, 1.54) is 25.5 Å². The Labute approximate surface area is 108 Å². The van der Waals surface area contributed by atoms with E-state index in [9.17, 15) is 0 Å². The summed E-state index contributed by atoms with van der Waals surface area (Å²) in [5.74, 6) is 0.240. The van der Waals surface area contributed by atoms with Gasteiger partial charge in [-0.25, -0.2) is 9.97 Å². The minimum atomic E-state index is -0.115. The van der Waals surface area contributed by atoms with Crippen molar-refractivity contribution in [1.29, 1.82) is 5.41 Å². The number of hydrogen-bond donors (Lipinski definition) is 2. The first-order valence-electron chi connectivity index (χ1n) is 6.47. The summed E-state index contributed by atoms with van der Waals surface area (Å²) in [7, 11) is 0. The average Bonchev–Trinajstić information content (AvgIpc) is 2.35. The Balaban J connectivity index is 2.48. The van der Waals surface area contributed by atoms with Crippen molar-refractivity contribution in [3.8, 4) is 5.88 Å². The van der Waals surface area contributed by atoms with Crippen LogP contribution in [-0.2, 0) is 0 Å². The molecule has 0 saturated carbocycles. The minimum Gasteiger partial charge on any atom is -0.473 e. The second-order valence-corrected chi connectivity index (χ2v) is 4.40. The number of ether oxygens (including phenoxy) is 1. The lowest BCUT2D eigenvalue weighted by Gasteiger charge is -2.15. The topological polar surface area (TPSA) is 84.9 Å². The Morgan fingerprint density at radius 1 is 1.33 bits per heavy atom. The van der Waals surface area contributed by atoms with Gasteiger partial charge in [0, 0.05) is 12.4 Å². The third-order valence-corrected chi connectivity index (χ3v) is 2.70. The largest absolute Gasteiger partial charge is 0.473 e. The van der Waals surface area contributed by atoms with Crippen LogP contribution in [0, 0.1) is 5.41 Å². The molecule has 0 amide bonds. The maximum Gasteiger partial charge on any atom is 0.244 e. The van der Waals surface area contributed by atoms with E-state index in [1.807, 2.05) is 6.92 Å². The van der Waals surface area contributed by atoms with Crippen LogP contribution in [0.1, 0.15) is 51.6 Å². The van der Waals surface area contributed by atoms with Crippen molar-refractivity contribution in [3.63, 3.8) is 0 Å². The summed E-state index contributed by atoms with van der Waals surface area (Å²) in [4.78, 5) is 8.08. The fourth-order valence-corrected chi connectivity index (χ4v) is 1.70. The van der Waals surface area contributed by atoms with E-state index in [1.54, 1.807) is 6.20 Å². The van der Waals surface area contributed by atoms with Gasteiger partial charge in [-0.3, -0.25) is 5.41 Å². The maximum atomic E-state index is 7.41. The summed E-state index contributed by atoms with van der Waals surface area (Å²) in [5.41, 5.74) is 5.75. The van der Waals surface area contributed by atoms with E-state index in [-0.39, 0.29) is 11.9 Å². The summed E-state index contributed by atoms with van der Waals surface area (Å²) < 4.78 is 5.69. The predicted octanol–water partition coefficient (Wildman–Crippen LogP) is 2.50. The standard InChI is InChI=1S/C13H22N4O/c1-3-4-5-6-7-10(2)18-13-11(12(14)15)16-8-9-17-13/h8-10H,3-7H2,1-2H3,(H3,14,15). The van der Waals surface area contributed by atoms with Crippen molar-refractivity contribution >= 4 is 5.84 Å². The molecule has 1 aromatic rings. The first-order chi connectivity index (χ1) is 8.65. The van der Waals surface area contributed by atoms with Gasteiger partial charge >= 0.3 is 0 Å². The molecule has 0 radical (unpaired) electrons. The molecule has 1 heterocycles. The quantitative estimate of drug-likeness (QED) is 0.421. The molecule has 0 aliphatic carbocycles. The van der Waals surface area contributed by atoms with E-state index in [2.05, 4.69) is 16.9 Å². The molecule has 5 heteroatoms. The van der Waals surface area contributed by atoms with Crippen LogP contribution in [0.15, 0.2) is 12.4 Å². The molecule has 0 spiro atoms. The molecule has 0 saturated heterocycles. The molecule has 1 rings (SSSR count). The predicted molar refractivity (Wildman–Crippen MR) is 71.9 cm³/mol. The van der Waals surface area contributed by atoms with E-state index in [4.69, 9.17) is 15.9 Å². The summed E-state index contributed by atoms with van der Waals surface area (Å²) in [6.07, 6.45) is 8.96. The van der Waals surface area contributed by atoms with Crippen LogP contribution in [0.3, 0.4) is 0 Å². The van der Waals surface area contributed by atoms with Gasteiger partial charge in [0.25, 0.3) is 0 Å². The highest BCUT2D eigenvalue weighted by atomic mass is 16.5. The summed E-state index contributed by atoms with van der Waals surface area (Å²) in [6.45, 7) is 4.20. The second kappa shape index (κ2) is 7.63. The Morgan fingerprint density at radius 2 is 2.06 bits per heavy atom. The lowest BCUT2D eigenvalue weighted by atomic mass is 10.1. The first-order valence-corrected chi connectivity index (χ1v) is 6.47. The summed E-state index contributed by atoms with van der Waals surface area (Å²) in [5, 5.41) is 7.41. The van der Waals surface area contributed by atoms with Crippen molar-refractivity contribution < 1.29 is 4.74 Å². The van der Waals surface area contributed by atoms with Crippen LogP contribution in [0.2, 0.25) is 0 Å². The van der Waals surface area contributed by atoms with Crippen LogP contribution in [-0.4, -0.2) is 21.9 Å². The van der Waals surface area contributed by atoms with Crippen molar-refractivity contribution in [3.05, 3.63) is 18.1 Å². The maximum absolute atomic E-state index is 7.41. The monoisotopic (exact) mass is 250 g/mol. The van der Waals surface area contributed by atoms with Gasteiger partial charge in [-0.1, -0.05) is 26.2 Å². The van der Waals surface area contributed by atoms with Crippen LogP contribution in [0.25, 0.3) is 0 Å². The third kappa shape index (κ3) is 4.69. The van der Waals surface area contributed by atoms with Crippen molar-refractivity contribution in [1.82, 2.24) is 9.97 Å². The number of nitrogens with zero attached hydrogens (tertiary/aromatic N) is 2. The number of unbranched alkanes of at least 4 members (excludes halogenated alkanes) is 3. The Morgan fingerprint density at radius 3 is 2.72 bits per heavy atom. The number of nitrogen functional groups attached to an aromatic ring is 1. The lowest BCUT2D eigenvalue weighted by Crippen LogP contribution is -2.19. The molecule has 1 unspecified atom stereocenters. The summed E-state index contributed by atoms with van der Waals surface area (Å²) >= 11 is 0. The van der Waals surface area contributed by atoms with Gasteiger partial charge in [-0.2, -0.15) is 0 Å². The fourth-order valence-electron chi connectivity index (χ4n) is 1.70. The molecule has 100 valence electrons. The molecule has 0 aromatic carbocycles. The molecule has 0 aliphatic rings. The SMILES string of the molecule is CCCCCCC(C)Oc1nccnc1C(=N)N. The zero-order valence-electron chi connectivity index (χ0n) is 11.1. The number of amidine groups is 1. The highest BCUT2D eigenvalue weighted by Crippen LogP contribution is 2.15. The third-order valence-electron chi connectivity index (χ3n) is 2.70. The summed E-state index contributed by atoms with van der Waals surface area (Å²) in [6, 6.07) is 0. The van der Waals surface area contributed by atoms with Crippen LogP contribution in [0.4, 0.5) is 0 Å². The Bertz CT molecular complexity index is 381. The number of nitrogens with one attached hydrogen (secondary N) is 1. The highest BCUT2D eigenvalue weighted by Gasteiger charge is 2.12. The van der Waals surface area contributed by atoms with Gasteiger partial charge in [0.1, 0.15) is 5.84 Å². The van der Waals surface area contributed by atoms with E-state index in [0.717, 1.165) is 12.8 Å². The van der Waals surface area contributed by atoms with Crippen LogP contribution < -0.4 is 10.5 Å². The molecule has 1 atom stereocenters. The molecule has 5 nitrogen and oxygen atoms in total.